The molecule has 1 saturated heterocycles. The summed E-state index contributed by atoms with van der Waals surface area (Å²) in [6.45, 7) is 3.96. The van der Waals surface area contributed by atoms with Crippen molar-refractivity contribution in [2.24, 2.45) is 5.92 Å². The number of benzene rings is 3. The van der Waals surface area contributed by atoms with Gasteiger partial charge in [0.25, 0.3) is 0 Å². The van der Waals surface area contributed by atoms with Gasteiger partial charge < -0.3 is 10.0 Å². The van der Waals surface area contributed by atoms with E-state index in [-0.39, 0.29) is 29.4 Å². The number of rotatable bonds is 6. The van der Waals surface area contributed by atoms with E-state index < -0.39 is 0 Å². The van der Waals surface area contributed by atoms with Gasteiger partial charge in [0.15, 0.2) is 5.78 Å². The average molecular weight is 399 g/mol. The van der Waals surface area contributed by atoms with Crippen molar-refractivity contribution in [3.63, 3.8) is 0 Å². The number of carbonyl (C=O) groups is 2. The maximum absolute atomic E-state index is 13.1. The zero-order chi connectivity index (χ0) is 21.3. The summed E-state index contributed by atoms with van der Waals surface area (Å²) in [6, 6.07) is 22.2. The van der Waals surface area contributed by atoms with Gasteiger partial charge in [0, 0.05) is 17.7 Å². The standard InChI is InChI=1S/C26H25NO3/c1-17-6-5-8-20(16-17)24(29)15-14-22-25(19-10-12-21(28)13-11-19)27(26(22)30)23-9-4-3-7-18(23)2/h3-13,16,22,25,28H,14-15H2,1-2H3/t22-,25-/m1/s1. The van der Waals surface area contributed by atoms with E-state index in [0.717, 1.165) is 22.4 Å². The van der Waals surface area contributed by atoms with Crippen LogP contribution in [0.2, 0.25) is 0 Å². The minimum Gasteiger partial charge on any atom is -0.508 e. The topological polar surface area (TPSA) is 57.6 Å². The summed E-state index contributed by atoms with van der Waals surface area (Å²) in [7, 11) is 0. The SMILES string of the molecule is Cc1cccc(C(=O)CC[C@H]2C(=O)N(c3ccccc3C)[C@@H]2c2ccc(O)cc2)c1. The third kappa shape index (κ3) is 3.73. The summed E-state index contributed by atoms with van der Waals surface area (Å²) < 4.78 is 0. The highest BCUT2D eigenvalue weighted by atomic mass is 16.3. The molecule has 0 bridgehead atoms. The molecule has 1 aliphatic rings. The summed E-state index contributed by atoms with van der Waals surface area (Å²) in [5.74, 6) is 0.0330. The predicted molar refractivity (Wildman–Crippen MR) is 118 cm³/mol. The van der Waals surface area contributed by atoms with Crippen molar-refractivity contribution < 1.29 is 14.7 Å². The van der Waals surface area contributed by atoms with Gasteiger partial charge in [-0.1, -0.05) is 54.1 Å². The minimum absolute atomic E-state index is 0.0411. The van der Waals surface area contributed by atoms with Gasteiger partial charge in [-0.25, -0.2) is 0 Å². The number of nitrogens with zero attached hydrogens (tertiary/aromatic N) is 1. The highest BCUT2D eigenvalue weighted by Crippen LogP contribution is 2.46. The van der Waals surface area contributed by atoms with Crippen LogP contribution in [0.3, 0.4) is 0 Å². The molecule has 4 heteroatoms. The molecule has 30 heavy (non-hydrogen) atoms. The molecule has 152 valence electrons. The van der Waals surface area contributed by atoms with E-state index in [4.69, 9.17) is 0 Å². The van der Waals surface area contributed by atoms with Crippen molar-refractivity contribution in [3.05, 3.63) is 95.1 Å². The first-order valence-corrected chi connectivity index (χ1v) is 10.2. The lowest BCUT2D eigenvalue weighted by Gasteiger charge is -2.48. The highest BCUT2D eigenvalue weighted by Gasteiger charge is 2.48. The molecule has 1 aliphatic heterocycles. The first kappa shape index (κ1) is 19.9. The van der Waals surface area contributed by atoms with Crippen LogP contribution >= 0.6 is 0 Å². The second-order valence-corrected chi connectivity index (χ2v) is 7.97. The normalized spacial score (nSPS) is 18.2. The number of hydrogen-bond donors (Lipinski definition) is 1. The number of ketones is 1. The van der Waals surface area contributed by atoms with E-state index in [2.05, 4.69) is 0 Å². The lowest BCUT2D eigenvalue weighted by molar-refractivity contribution is -0.130. The molecule has 4 rings (SSSR count). The van der Waals surface area contributed by atoms with Gasteiger partial charge in [-0.2, -0.15) is 0 Å². The Morgan fingerprint density at radius 3 is 2.40 bits per heavy atom. The Labute approximate surface area is 176 Å². The molecular formula is C26H25NO3. The van der Waals surface area contributed by atoms with E-state index in [1.54, 1.807) is 12.1 Å². The number of Topliss-reactive ketones (excluding diaryl/α,β-unsaturated/α-hetero) is 1. The lowest BCUT2D eigenvalue weighted by Crippen LogP contribution is -2.55. The summed E-state index contributed by atoms with van der Waals surface area (Å²) in [4.78, 5) is 27.6. The molecule has 2 atom stereocenters. The van der Waals surface area contributed by atoms with Crippen LogP contribution in [0.4, 0.5) is 5.69 Å². The van der Waals surface area contributed by atoms with Crippen LogP contribution in [-0.2, 0) is 4.79 Å². The second kappa shape index (κ2) is 8.15. The number of amides is 1. The zero-order valence-corrected chi connectivity index (χ0v) is 17.2. The molecule has 0 aliphatic carbocycles. The third-order valence-electron chi connectivity index (χ3n) is 5.85. The summed E-state index contributed by atoms with van der Waals surface area (Å²) in [5, 5.41) is 9.67. The Morgan fingerprint density at radius 1 is 0.967 bits per heavy atom. The molecule has 3 aromatic rings. The van der Waals surface area contributed by atoms with E-state index in [1.165, 1.54) is 0 Å². The first-order chi connectivity index (χ1) is 14.5. The number of aromatic hydroxyl groups is 1. The molecule has 1 fully saturated rings. The maximum Gasteiger partial charge on any atom is 0.233 e. The largest absolute Gasteiger partial charge is 0.508 e. The Bertz CT molecular complexity index is 1090. The molecule has 0 radical (unpaired) electrons. The summed E-state index contributed by atoms with van der Waals surface area (Å²) in [6.07, 6.45) is 0.829. The van der Waals surface area contributed by atoms with Gasteiger partial charge in [-0.3, -0.25) is 9.59 Å². The van der Waals surface area contributed by atoms with E-state index in [9.17, 15) is 14.7 Å². The molecule has 0 aromatic heterocycles. The minimum atomic E-state index is -0.261. The van der Waals surface area contributed by atoms with Crippen molar-refractivity contribution in [1.82, 2.24) is 0 Å². The molecular weight excluding hydrogens is 374 g/mol. The smallest absolute Gasteiger partial charge is 0.233 e. The monoisotopic (exact) mass is 399 g/mol. The Balaban J connectivity index is 1.58. The van der Waals surface area contributed by atoms with Crippen LogP contribution in [0.1, 0.15) is 45.9 Å². The summed E-state index contributed by atoms with van der Waals surface area (Å²) in [5.41, 5.74) is 4.63. The van der Waals surface area contributed by atoms with Gasteiger partial charge in [0.05, 0.1) is 12.0 Å². The summed E-state index contributed by atoms with van der Waals surface area (Å²) >= 11 is 0. The fraction of sp³-hybridized carbons (Fsp3) is 0.231. The van der Waals surface area contributed by atoms with Gasteiger partial charge in [0.1, 0.15) is 5.75 Å². The Hall–Kier alpha value is -3.40. The molecule has 0 saturated carbocycles. The van der Waals surface area contributed by atoms with Crippen LogP contribution in [0.5, 0.6) is 5.75 Å². The fourth-order valence-corrected chi connectivity index (χ4v) is 4.23. The van der Waals surface area contributed by atoms with Crippen molar-refractivity contribution in [3.8, 4) is 5.75 Å². The number of anilines is 1. The molecule has 0 spiro atoms. The fourth-order valence-electron chi connectivity index (χ4n) is 4.23. The van der Waals surface area contributed by atoms with Crippen LogP contribution in [0.25, 0.3) is 0 Å². The van der Waals surface area contributed by atoms with Gasteiger partial charge in [0.2, 0.25) is 5.91 Å². The molecule has 0 unspecified atom stereocenters. The molecule has 3 aromatic carbocycles. The highest BCUT2D eigenvalue weighted by molar-refractivity contribution is 6.04. The zero-order valence-electron chi connectivity index (χ0n) is 17.2. The number of hydrogen-bond acceptors (Lipinski definition) is 3. The molecule has 1 heterocycles. The molecule has 4 nitrogen and oxygen atoms in total. The van der Waals surface area contributed by atoms with Crippen LogP contribution in [0, 0.1) is 19.8 Å². The van der Waals surface area contributed by atoms with E-state index in [1.807, 2.05) is 79.4 Å². The lowest BCUT2D eigenvalue weighted by atomic mass is 9.78. The predicted octanol–water partition coefficient (Wildman–Crippen LogP) is 5.38. The number of phenolic OH excluding ortho intramolecular Hbond substituents is 1. The number of para-hydroxylation sites is 1. The Morgan fingerprint density at radius 2 is 1.70 bits per heavy atom. The van der Waals surface area contributed by atoms with Crippen molar-refractivity contribution in [2.45, 2.75) is 32.7 Å². The molecule has 1 amide bonds. The second-order valence-electron chi connectivity index (χ2n) is 7.97. The van der Waals surface area contributed by atoms with Gasteiger partial charge in [-0.05, 0) is 55.7 Å². The van der Waals surface area contributed by atoms with Gasteiger partial charge in [-0.15, -0.1) is 0 Å². The maximum atomic E-state index is 13.1. The van der Waals surface area contributed by atoms with E-state index in [0.29, 0.717) is 18.4 Å². The van der Waals surface area contributed by atoms with Crippen LogP contribution < -0.4 is 4.90 Å². The number of carbonyl (C=O) groups excluding carboxylic acids is 2. The number of β-lactam (4-membered cyclic amide) rings is 1. The Kier molecular flexibility index (Phi) is 5.40. The van der Waals surface area contributed by atoms with Crippen molar-refractivity contribution in [1.29, 1.82) is 0 Å². The van der Waals surface area contributed by atoms with Crippen molar-refractivity contribution >= 4 is 17.4 Å². The van der Waals surface area contributed by atoms with Gasteiger partial charge >= 0.3 is 0 Å². The number of phenols is 1. The quantitative estimate of drug-likeness (QED) is 0.447. The first-order valence-electron chi connectivity index (χ1n) is 10.2. The van der Waals surface area contributed by atoms with Crippen LogP contribution in [0.15, 0.2) is 72.8 Å². The average Bonchev–Trinajstić information content (AvgIpc) is 2.74. The van der Waals surface area contributed by atoms with Crippen molar-refractivity contribution in [2.75, 3.05) is 4.90 Å². The van der Waals surface area contributed by atoms with E-state index >= 15 is 0 Å². The number of aryl methyl sites for hydroxylation is 2. The third-order valence-corrected chi connectivity index (χ3v) is 5.85. The van der Waals surface area contributed by atoms with Crippen LogP contribution in [-0.4, -0.2) is 16.8 Å². The molecule has 1 N–H and O–H groups in total.